The Hall–Kier alpha value is -1.32. The molecule has 18 heavy (non-hydrogen) atoms. The number of hydrogen-bond acceptors (Lipinski definition) is 3. The zero-order valence-corrected chi connectivity index (χ0v) is 11.3. The standard InChI is InChI=1S/C15H17NOS/c1-11-9-18-10-14(11)8-16-7-12-2-3-15-13(6-12)4-5-17-15/h2-3,6,9-10,16H,4-5,7-8H2,1H3. The van der Waals surface area contributed by atoms with Crippen LogP contribution in [0.5, 0.6) is 5.75 Å². The summed E-state index contributed by atoms with van der Waals surface area (Å²) in [7, 11) is 0. The molecule has 1 aliphatic heterocycles. The summed E-state index contributed by atoms with van der Waals surface area (Å²) in [4.78, 5) is 0. The lowest BCUT2D eigenvalue weighted by Crippen LogP contribution is -2.12. The number of fused-ring (bicyclic) bond motifs is 1. The molecule has 1 aliphatic rings. The van der Waals surface area contributed by atoms with Crippen molar-refractivity contribution in [3.63, 3.8) is 0 Å². The maximum atomic E-state index is 5.51. The molecule has 0 saturated carbocycles. The van der Waals surface area contributed by atoms with Crippen LogP contribution in [0.25, 0.3) is 0 Å². The van der Waals surface area contributed by atoms with E-state index in [-0.39, 0.29) is 0 Å². The summed E-state index contributed by atoms with van der Waals surface area (Å²) >= 11 is 1.77. The number of hydrogen-bond donors (Lipinski definition) is 1. The van der Waals surface area contributed by atoms with E-state index >= 15 is 0 Å². The van der Waals surface area contributed by atoms with E-state index in [4.69, 9.17) is 4.74 Å². The van der Waals surface area contributed by atoms with Crippen molar-refractivity contribution < 1.29 is 4.74 Å². The SMILES string of the molecule is Cc1cscc1CNCc1ccc2c(c1)CCO2. The lowest BCUT2D eigenvalue weighted by Gasteiger charge is -2.06. The van der Waals surface area contributed by atoms with Crippen molar-refractivity contribution in [3.05, 3.63) is 51.2 Å². The summed E-state index contributed by atoms with van der Waals surface area (Å²) in [5.41, 5.74) is 5.48. The third kappa shape index (κ3) is 2.42. The summed E-state index contributed by atoms with van der Waals surface area (Å²) in [6.07, 6.45) is 1.05. The van der Waals surface area contributed by atoms with Gasteiger partial charge in [0.1, 0.15) is 5.75 Å². The Labute approximate surface area is 112 Å². The van der Waals surface area contributed by atoms with Gasteiger partial charge in [-0.2, -0.15) is 11.3 Å². The van der Waals surface area contributed by atoms with Crippen LogP contribution in [-0.4, -0.2) is 6.61 Å². The van der Waals surface area contributed by atoms with Crippen molar-refractivity contribution in [2.45, 2.75) is 26.4 Å². The van der Waals surface area contributed by atoms with Crippen LogP contribution in [0.2, 0.25) is 0 Å². The van der Waals surface area contributed by atoms with Crippen LogP contribution in [-0.2, 0) is 19.5 Å². The lowest BCUT2D eigenvalue weighted by atomic mass is 10.1. The van der Waals surface area contributed by atoms with Gasteiger partial charge in [-0.1, -0.05) is 12.1 Å². The molecule has 2 heterocycles. The van der Waals surface area contributed by atoms with E-state index < -0.39 is 0 Å². The van der Waals surface area contributed by atoms with Crippen LogP contribution in [0.15, 0.2) is 29.0 Å². The molecule has 0 bridgehead atoms. The maximum Gasteiger partial charge on any atom is 0.122 e. The minimum atomic E-state index is 0.834. The fourth-order valence-corrected chi connectivity index (χ4v) is 3.12. The van der Waals surface area contributed by atoms with Crippen LogP contribution in [0, 0.1) is 6.92 Å². The first-order valence-electron chi connectivity index (χ1n) is 6.30. The first kappa shape index (κ1) is 11.8. The molecule has 1 N–H and O–H groups in total. The Morgan fingerprint density at radius 1 is 1.28 bits per heavy atom. The number of thiophene rings is 1. The third-order valence-electron chi connectivity index (χ3n) is 3.36. The Morgan fingerprint density at radius 3 is 3.06 bits per heavy atom. The van der Waals surface area contributed by atoms with Crippen molar-refractivity contribution in [1.29, 1.82) is 0 Å². The molecule has 0 amide bonds. The molecule has 0 aliphatic carbocycles. The van der Waals surface area contributed by atoms with Gasteiger partial charge in [-0.25, -0.2) is 0 Å². The quantitative estimate of drug-likeness (QED) is 0.910. The van der Waals surface area contributed by atoms with Crippen molar-refractivity contribution in [3.8, 4) is 5.75 Å². The predicted molar refractivity (Wildman–Crippen MR) is 75.2 cm³/mol. The van der Waals surface area contributed by atoms with E-state index in [0.29, 0.717) is 0 Å². The molecule has 0 saturated heterocycles. The molecular weight excluding hydrogens is 242 g/mol. The average molecular weight is 259 g/mol. The van der Waals surface area contributed by atoms with Gasteiger partial charge in [-0.15, -0.1) is 0 Å². The Kier molecular flexibility index (Phi) is 3.35. The monoisotopic (exact) mass is 259 g/mol. The van der Waals surface area contributed by atoms with Crippen LogP contribution >= 0.6 is 11.3 Å². The average Bonchev–Trinajstić information content (AvgIpc) is 2.98. The van der Waals surface area contributed by atoms with Gasteiger partial charge in [0, 0.05) is 19.5 Å². The van der Waals surface area contributed by atoms with Gasteiger partial charge in [-0.05, 0) is 46.0 Å². The second-order valence-corrected chi connectivity index (χ2v) is 5.47. The highest BCUT2D eigenvalue weighted by Crippen LogP contribution is 2.25. The summed E-state index contributed by atoms with van der Waals surface area (Å²) in [5, 5.41) is 7.92. The highest BCUT2D eigenvalue weighted by molar-refractivity contribution is 7.08. The fraction of sp³-hybridized carbons (Fsp3) is 0.333. The van der Waals surface area contributed by atoms with Crippen molar-refractivity contribution in [2.75, 3.05) is 6.61 Å². The first-order valence-corrected chi connectivity index (χ1v) is 7.24. The van der Waals surface area contributed by atoms with Crippen LogP contribution in [0.4, 0.5) is 0 Å². The Bertz CT molecular complexity index is 547. The second kappa shape index (κ2) is 5.12. The largest absolute Gasteiger partial charge is 0.493 e. The second-order valence-electron chi connectivity index (χ2n) is 4.72. The number of nitrogens with one attached hydrogen (secondary N) is 1. The van der Waals surface area contributed by atoms with Gasteiger partial charge in [0.05, 0.1) is 6.61 Å². The molecule has 0 unspecified atom stereocenters. The van der Waals surface area contributed by atoms with E-state index in [0.717, 1.165) is 31.9 Å². The molecule has 0 atom stereocenters. The summed E-state index contributed by atoms with van der Waals surface area (Å²) < 4.78 is 5.51. The molecule has 0 radical (unpaired) electrons. The molecule has 3 heteroatoms. The van der Waals surface area contributed by atoms with E-state index in [1.54, 1.807) is 11.3 Å². The van der Waals surface area contributed by atoms with E-state index in [2.05, 4.69) is 41.2 Å². The number of benzene rings is 1. The molecule has 1 aromatic heterocycles. The number of rotatable bonds is 4. The topological polar surface area (TPSA) is 21.3 Å². The lowest BCUT2D eigenvalue weighted by molar-refractivity contribution is 0.357. The zero-order valence-electron chi connectivity index (χ0n) is 10.5. The zero-order chi connectivity index (χ0) is 12.4. The molecule has 94 valence electrons. The van der Waals surface area contributed by atoms with Gasteiger partial charge in [-0.3, -0.25) is 0 Å². The molecule has 2 nitrogen and oxygen atoms in total. The first-order chi connectivity index (χ1) is 8.83. The van der Waals surface area contributed by atoms with Gasteiger partial charge in [0.15, 0.2) is 0 Å². The van der Waals surface area contributed by atoms with Crippen LogP contribution < -0.4 is 10.1 Å². The summed E-state index contributed by atoms with van der Waals surface area (Å²) in [6, 6.07) is 6.50. The third-order valence-corrected chi connectivity index (χ3v) is 4.27. The minimum absolute atomic E-state index is 0.834. The molecule has 1 aromatic carbocycles. The number of ether oxygens (including phenoxy) is 1. The molecule has 3 rings (SSSR count). The van der Waals surface area contributed by atoms with E-state index in [9.17, 15) is 0 Å². The smallest absolute Gasteiger partial charge is 0.122 e. The number of aryl methyl sites for hydroxylation is 1. The highest BCUT2D eigenvalue weighted by Gasteiger charge is 2.11. The summed E-state index contributed by atoms with van der Waals surface area (Å²) in [5.74, 6) is 1.06. The fourth-order valence-electron chi connectivity index (χ4n) is 2.26. The van der Waals surface area contributed by atoms with Crippen LogP contribution in [0.3, 0.4) is 0 Å². The van der Waals surface area contributed by atoms with Gasteiger partial charge in [0.2, 0.25) is 0 Å². The Morgan fingerprint density at radius 2 is 2.22 bits per heavy atom. The van der Waals surface area contributed by atoms with Crippen LogP contribution in [0.1, 0.15) is 22.3 Å². The van der Waals surface area contributed by atoms with E-state index in [1.165, 1.54) is 22.3 Å². The molecule has 0 fully saturated rings. The predicted octanol–water partition coefficient (Wildman–Crippen LogP) is 3.28. The normalized spacial score (nSPS) is 13.4. The molecule has 0 spiro atoms. The molecular formula is C15H17NOS. The molecule has 2 aromatic rings. The van der Waals surface area contributed by atoms with Crippen molar-refractivity contribution in [1.82, 2.24) is 5.32 Å². The van der Waals surface area contributed by atoms with Crippen molar-refractivity contribution in [2.24, 2.45) is 0 Å². The van der Waals surface area contributed by atoms with Gasteiger partial charge >= 0.3 is 0 Å². The maximum absolute atomic E-state index is 5.51. The Balaban J connectivity index is 1.59. The summed E-state index contributed by atoms with van der Waals surface area (Å²) in [6.45, 7) is 4.87. The highest BCUT2D eigenvalue weighted by atomic mass is 32.1. The van der Waals surface area contributed by atoms with Gasteiger partial charge in [0.25, 0.3) is 0 Å². The minimum Gasteiger partial charge on any atom is -0.493 e. The van der Waals surface area contributed by atoms with E-state index in [1.807, 2.05) is 0 Å². The van der Waals surface area contributed by atoms with Crippen molar-refractivity contribution >= 4 is 11.3 Å². The van der Waals surface area contributed by atoms with Gasteiger partial charge < -0.3 is 10.1 Å².